The molecule has 1 heterocycles. The van der Waals surface area contributed by atoms with Crippen molar-refractivity contribution in [3.8, 4) is 0 Å². The van der Waals surface area contributed by atoms with E-state index in [-0.39, 0.29) is 0 Å². The van der Waals surface area contributed by atoms with E-state index in [1.165, 1.54) is 5.56 Å². The Morgan fingerprint density at radius 2 is 1.95 bits per heavy atom. The standard InChI is InChI=1S/C15H20ClN3/c1-17-11-13(10-15-7-8-19(2)18-15)9-12-3-5-14(16)6-4-12/h3-8,13,17H,9-11H2,1-2H3. The molecule has 4 heteroatoms. The maximum Gasteiger partial charge on any atom is 0.0627 e. The van der Waals surface area contributed by atoms with Gasteiger partial charge in [0.1, 0.15) is 0 Å². The van der Waals surface area contributed by atoms with Gasteiger partial charge in [-0.25, -0.2) is 0 Å². The van der Waals surface area contributed by atoms with Gasteiger partial charge in [0.2, 0.25) is 0 Å². The predicted molar refractivity (Wildman–Crippen MR) is 79.5 cm³/mol. The lowest BCUT2D eigenvalue weighted by molar-refractivity contribution is 0.485. The minimum absolute atomic E-state index is 0.543. The molecule has 0 radical (unpaired) electrons. The Labute approximate surface area is 119 Å². The summed E-state index contributed by atoms with van der Waals surface area (Å²) in [5, 5.41) is 8.51. The highest BCUT2D eigenvalue weighted by molar-refractivity contribution is 6.30. The number of rotatable bonds is 6. The molecule has 1 aromatic carbocycles. The van der Waals surface area contributed by atoms with Crippen LogP contribution in [0.4, 0.5) is 0 Å². The summed E-state index contributed by atoms with van der Waals surface area (Å²) in [6.45, 7) is 0.985. The maximum absolute atomic E-state index is 5.92. The molecule has 0 aliphatic carbocycles. The molecule has 0 spiro atoms. The van der Waals surface area contributed by atoms with E-state index < -0.39 is 0 Å². The third kappa shape index (κ3) is 4.37. The minimum atomic E-state index is 0.543. The smallest absolute Gasteiger partial charge is 0.0627 e. The average molecular weight is 278 g/mol. The lowest BCUT2D eigenvalue weighted by Gasteiger charge is -2.15. The summed E-state index contributed by atoms with van der Waals surface area (Å²) in [5.41, 5.74) is 2.47. The monoisotopic (exact) mass is 277 g/mol. The highest BCUT2D eigenvalue weighted by atomic mass is 35.5. The lowest BCUT2D eigenvalue weighted by atomic mass is 9.95. The summed E-state index contributed by atoms with van der Waals surface area (Å²) in [5.74, 6) is 0.543. The largest absolute Gasteiger partial charge is 0.319 e. The molecular weight excluding hydrogens is 258 g/mol. The van der Waals surface area contributed by atoms with Crippen LogP contribution >= 0.6 is 11.6 Å². The minimum Gasteiger partial charge on any atom is -0.319 e. The fourth-order valence-corrected chi connectivity index (χ4v) is 2.45. The van der Waals surface area contributed by atoms with Crippen LogP contribution in [-0.2, 0) is 19.9 Å². The van der Waals surface area contributed by atoms with Gasteiger partial charge in [-0.3, -0.25) is 4.68 Å². The molecule has 2 aromatic rings. The third-order valence-electron chi connectivity index (χ3n) is 3.20. The molecule has 102 valence electrons. The van der Waals surface area contributed by atoms with Crippen LogP contribution in [0.3, 0.4) is 0 Å². The first-order chi connectivity index (χ1) is 9.17. The van der Waals surface area contributed by atoms with Crippen LogP contribution in [0, 0.1) is 5.92 Å². The zero-order valence-electron chi connectivity index (χ0n) is 11.4. The SMILES string of the molecule is CNCC(Cc1ccc(Cl)cc1)Cc1ccn(C)n1. The predicted octanol–water partition coefficient (Wildman–Crippen LogP) is 2.69. The number of benzene rings is 1. The van der Waals surface area contributed by atoms with Gasteiger partial charge in [-0.2, -0.15) is 5.10 Å². The van der Waals surface area contributed by atoms with Gasteiger partial charge in [-0.05, 0) is 56.1 Å². The molecule has 1 aromatic heterocycles. The number of halogens is 1. The Kier molecular flexibility index (Phi) is 5.00. The number of nitrogens with one attached hydrogen (secondary N) is 1. The summed E-state index contributed by atoms with van der Waals surface area (Å²) in [4.78, 5) is 0. The van der Waals surface area contributed by atoms with Gasteiger partial charge in [0.25, 0.3) is 0 Å². The van der Waals surface area contributed by atoms with Crippen molar-refractivity contribution in [3.63, 3.8) is 0 Å². The molecule has 0 aliphatic rings. The maximum atomic E-state index is 5.92. The second-order valence-corrected chi connectivity index (χ2v) is 5.38. The van der Waals surface area contributed by atoms with Gasteiger partial charge in [0.05, 0.1) is 5.69 Å². The Balaban J connectivity index is 2.01. The molecule has 0 bridgehead atoms. The van der Waals surface area contributed by atoms with Crippen molar-refractivity contribution in [1.29, 1.82) is 0 Å². The number of hydrogen-bond acceptors (Lipinski definition) is 2. The number of hydrogen-bond donors (Lipinski definition) is 1. The Hall–Kier alpha value is -1.32. The molecule has 1 N–H and O–H groups in total. The zero-order valence-corrected chi connectivity index (χ0v) is 12.2. The van der Waals surface area contributed by atoms with Crippen molar-refractivity contribution in [2.45, 2.75) is 12.8 Å². The van der Waals surface area contributed by atoms with Crippen molar-refractivity contribution in [2.24, 2.45) is 13.0 Å². The summed E-state index contributed by atoms with van der Waals surface area (Å²) >= 11 is 5.92. The molecule has 1 atom stereocenters. The number of aryl methyl sites for hydroxylation is 1. The number of aromatic nitrogens is 2. The highest BCUT2D eigenvalue weighted by Crippen LogP contribution is 2.16. The Morgan fingerprint density at radius 1 is 1.21 bits per heavy atom. The zero-order chi connectivity index (χ0) is 13.7. The molecule has 1 unspecified atom stereocenters. The van der Waals surface area contributed by atoms with Crippen molar-refractivity contribution in [1.82, 2.24) is 15.1 Å². The summed E-state index contributed by atoms with van der Waals surface area (Å²) in [6.07, 6.45) is 4.02. The first kappa shape index (κ1) is 14.1. The normalized spacial score (nSPS) is 12.6. The molecular formula is C15H20ClN3. The first-order valence-electron chi connectivity index (χ1n) is 6.55. The van der Waals surface area contributed by atoms with Gasteiger partial charge >= 0.3 is 0 Å². The fourth-order valence-electron chi connectivity index (χ4n) is 2.33. The Morgan fingerprint density at radius 3 is 2.53 bits per heavy atom. The molecule has 19 heavy (non-hydrogen) atoms. The van der Waals surface area contributed by atoms with Crippen LogP contribution in [0.1, 0.15) is 11.3 Å². The molecule has 0 amide bonds. The average Bonchev–Trinajstić information content (AvgIpc) is 2.78. The van der Waals surface area contributed by atoms with Gasteiger partial charge in [0.15, 0.2) is 0 Å². The molecule has 0 fully saturated rings. The van der Waals surface area contributed by atoms with E-state index in [4.69, 9.17) is 11.6 Å². The number of nitrogens with zero attached hydrogens (tertiary/aromatic N) is 2. The molecule has 2 rings (SSSR count). The van der Waals surface area contributed by atoms with Crippen molar-refractivity contribution in [2.75, 3.05) is 13.6 Å². The van der Waals surface area contributed by atoms with E-state index >= 15 is 0 Å². The highest BCUT2D eigenvalue weighted by Gasteiger charge is 2.11. The summed E-state index contributed by atoms with van der Waals surface area (Å²) in [6, 6.07) is 10.2. The van der Waals surface area contributed by atoms with E-state index in [1.807, 2.05) is 37.1 Å². The van der Waals surface area contributed by atoms with Gasteiger partial charge in [0, 0.05) is 18.3 Å². The summed E-state index contributed by atoms with van der Waals surface area (Å²) < 4.78 is 1.86. The molecule has 0 aliphatic heterocycles. The van der Waals surface area contributed by atoms with Crippen LogP contribution in [0.25, 0.3) is 0 Å². The Bertz CT molecular complexity index is 504. The molecule has 0 saturated carbocycles. The third-order valence-corrected chi connectivity index (χ3v) is 3.45. The van der Waals surface area contributed by atoms with Gasteiger partial charge in [-0.15, -0.1) is 0 Å². The van der Waals surface area contributed by atoms with E-state index in [0.717, 1.165) is 30.1 Å². The van der Waals surface area contributed by atoms with Crippen LogP contribution in [-0.4, -0.2) is 23.4 Å². The molecule has 3 nitrogen and oxygen atoms in total. The van der Waals surface area contributed by atoms with Crippen LogP contribution in [0.15, 0.2) is 36.5 Å². The van der Waals surface area contributed by atoms with Crippen molar-refractivity contribution in [3.05, 3.63) is 52.8 Å². The quantitative estimate of drug-likeness (QED) is 0.880. The van der Waals surface area contributed by atoms with E-state index in [2.05, 4.69) is 28.6 Å². The summed E-state index contributed by atoms with van der Waals surface area (Å²) in [7, 11) is 3.95. The topological polar surface area (TPSA) is 29.9 Å². The van der Waals surface area contributed by atoms with Gasteiger partial charge < -0.3 is 5.32 Å². The fraction of sp³-hybridized carbons (Fsp3) is 0.400. The van der Waals surface area contributed by atoms with Crippen molar-refractivity contribution < 1.29 is 0 Å². The van der Waals surface area contributed by atoms with Crippen molar-refractivity contribution >= 4 is 11.6 Å². The van der Waals surface area contributed by atoms with Gasteiger partial charge in [-0.1, -0.05) is 23.7 Å². The van der Waals surface area contributed by atoms with E-state index in [1.54, 1.807) is 0 Å². The van der Waals surface area contributed by atoms with Crippen LogP contribution in [0.5, 0.6) is 0 Å². The lowest BCUT2D eigenvalue weighted by Crippen LogP contribution is -2.23. The van der Waals surface area contributed by atoms with E-state index in [9.17, 15) is 0 Å². The van der Waals surface area contributed by atoms with E-state index in [0.29, 0.717) is 5.92 Å². The molecule has 0 saturated heterocycles. The first-order valence-corrected chi connectivity index (χ1v) is 6.92. The second kappa shape index (κ2) is 6.73. The van der Waals surface area contributed by atoms with Crippen LogP contribution in [0.2, 0.25) is 5.02 Å². The van der Waals surface area contributed by atoms with Crippen LogP contribution < -0.4 is 5.32 Å². The second-order valence-electron chi connectivity index (χ2n) is 4.94.